The lowest BCUT2D eigenvalue weighted by atomic mass is 9.97. The van der Waals surface area contributed by atoms with Gasteiger partial charge < -0.3 is 14.5 Å². The molecule has 8 nitrogen and oxygen atoms in total. The molecule has 0 bridgehead atoms. The summed E-state index contributed by atoms with van der Waals surface area (Å²) in [5, 5.41) is 23.2. The lowest BCUT2D eigenvalue weighted by Gasteiger charge is -2.20. The largest absolute Gasteiger partial charge is 0.381 e. The van der Waals surface area contributed by atoms with E-state index in [1.165, 1.54) is 0 Å². The third kappa shape index (κ3) is 2.95. The molecule has 8 heteroatoms. The van der Waals surface area contributed by atoms with Crippen LogP contribution in [0.4, 0.5) is 5.95 Å². The molecule has 23 heavy (non-hydrogen) atoms. The van der Waals surface area contributed by atoms with Crippen LogP contribution in [0, 0.1) is 0 Å². The van der Waals surface area contributed by atoms with Crippen LogP contribution in [0.3, 0.4) is 0 Å². The summed E-state index contributed by atoms with van der Waals surface area (Å²) < 4.78 is 7.09. The second kappa shape index (κ2) is 5.30. The lowest BCUT2D eigenvalue weighted by molar-refractivity contribution is 0.0558. The minimum absolute atomic E-state index is 0.193. The van der Waals surface area contributed by atoms with Crippen molar-refractivity contribution in [3.05, 3.63) is 17.8 Å². The van der Waals surface area contributed by atoms with E-state index < -0.39 is 5.60 Å². The molecule has 1 saturated heterocycles. The fourth-order valence-corrected chi connectivity index (χ4v) is 2.56. The first-order valence-corrected chi connectivity index (χ1v) is 7.93. The van der Waals surface area contributed by atoms with E-state index in [-0.39, 0.29) is 11.5 Å². The van der Waals surface area contributed by atoms with Gasteiger partial charge in [-0.25, -0.2) is 4.68 Å². The molecule has 0 aromatic carbocycles. The number of anilines is 1. The summed E-state index contributed by atoms with van der Waals surface area (Å²) in [5.41, 5.74) is -0.634. The fraction of sp³-hybridized carbons (Fsp3) is 0.733. The minimum Gasteiger partial charge on any atom is -0.381 e. The number of aromatic nitrogens is 5. The van der Waals surface area contributed by atoms with Gasteiger partial charge >= 0.3 is 0 Å². The van der Waals surface area contributed by atoms with Crippen molar-refractivity contribution in [2.75, 3.05) is 18.0 Å². The van der Waals surface area contributed by atoms with Crippen molar-refractivity contribution in [3.8, 4) is 0 Å². The molecule has 1 N–H and O–H groups in total. The number of nitrogens with zero attached hydrogens (tertiary/aromatic N) is 6. The topological polar surface area (TPSA) is 93.1 Å². The highest BCUT2D eigenvalue weighted by atomic mass is 16.5. The SMILES string of the molecule is CC(C)n1cc(C2(O)CCN(c3noc(C(C)(C)C)n3)C2)nn1. The van der Waals surface area contributed by atoms with Gasteiger partial charge in [-0.05, 0) is 19.0 Å². The Labute approximate surface area is 135 Å². The molecular weight excluding hydrogens is 296 g/mol. The standard InChI is InChI=1S/C15H24N6O2/c1-10(2)21-8-11(17-19-21)15(22)6-7-20(9-15)13-16-12(23-18-13)14(3,4)5/h8,10,22H,6-7,9H2,1-5H3. The van der Waals surface area contributed by atoms with Crippen LogP contribution in [0.2, 0.25) is 0 Å². The first-order valence-electron chi connectivity index (χ1n) is 7.93. The molecule has 2 aromatic rings. The average Bonchev–Trinajstić information content (AvgIpc) is 3.17. The van der Waals surface area contributed by atoms with Crippen molar-refractivity contribution >= 4 is 5.95 Å². The van der Waals surface area contributed by atoms with Gasteiger partial charge in [0.1, 0.15) is 11.3 Å². The summed E-state index contributed by atoms with van der Waals surface area (Å²) in [6.45, 7) is 11.1. The number of hydrogen-bond acceptors (Lipinski definition) is 7. The Bertz CT molecular complexity index is 686. The van der Waals surface area contributed by atoms with E-state index in [0.717, 1.165) is 0 Å². The molecule has 0 spiro atoms. The van der Waals surface area contributed by atoms with Crippen molar-refractivity contribution < 1.29 is 9.63 Å². The first-order chi connectivity index (χ1) is 10.7. The highest BCUT2D eigenvalue weighted by molar-refractivity contribution is 5.34. The van der Waals surface area contributed by atoms with E-state index in [4.69, 9.17) is 4.52 Å². The van der Waals surface area contributed by atoms with Crippen molar-refractivity contribution in [2.45, 2.75) is 58.1 Å². The van der Waals surface area contributed by atoms with Crippen LogP contribution in [-0.4, -0.2) is 43.3 Å². The summed E-state index contributed by atoms with van der Waals surface area (Å²) >= 11 is 0. The van der Waals surface area contributed by atoms with Crippen molar-refractivity contribution in [1.29, 1.82) is 0 Å². The summed E-state index contributed by atoms with van der Waals surface area (Å²) in [5.74, 6) is 1.11. The molecule has 1 aliphatic rings. The van der Waals surface area contributed by atoms with E-state index >= 15 is 0 Å². The molecule has 3 heterocycles. The summed E-state index contributed by atoms with van der Waals surface area (Å²) in [7, 11) is 0. The predicted molar refractivity (Wildman–Crippen MR) is 84.1 cm³/mol. The average molecular weight is 320 g/mol. The van der Waals surface area contributed by atoms with Gasteiger partial charge in [-0.15, -0.1) is 5.10 Å². The van der Waals surface area contributed by atoms with Crippen molar-refractivity contribution in [3.63, 3.8) is 0 Å². The monoisotopic (exact) mass is 320 g/mol. The zero-order valence-electron chi connectivity index (χ0n) is 14.3. The molecule has 0 radical (unpaired) electrons. The molecular formula is C15H24N6O2. The van der Waals surface area contributed by atoms with Crippen molar-refractivity contribution in [1.82, 2.24) is 25.1 Å². The molecule has 126 valence electrons. The van der Waals surface area contributed by atoms with Gasteiger partial charge in [0.15, 0.2) is 0 Å². The predicted octanol–water partition coefficient (Wildman–Crippen LogP) is 1.64. The Kier molecular flexibility index (Phi) is 3.66. The summed E-state index contributed by atoms with van der Waals surface area (Å²) in [6, 6.07) is 0.212. The van der Waals surface area contributed by atoms with Gasteiger partial charge in [0.2, 0.25) is 5.89 Å². The number of hydrogen-bond donors (Lipinski definition) is 1. The number of aliphatic hydroxyl groups is 1. The molecule has 1 aliphatic heterocycles. The zero-order valence-corrected chi connectivity index (χ0v) is 14.3. The van der Waals surface area contributed by atoms with Crippen LogP contribution in [-0.2, 0) is 11.0 Å². The second-order valence-corrected chi connectivity index (χ2v) is 7.53. The van der Waals surface area contributed by atoms with E-state index in [9.17, 15) is 5.11 Å². The van der Waals surface area contributed by atoms with Crippen LogP contribution in [0.1, 0.15) is 58.7 Å². The Hall–Kier alpha value is -1.96. The van der Waals surface area contributed by atoms with Crippen molar-refractivity contribution in [2.24, 2.45) is 0 Å². The van der Waals surface area contributed by atoms with E-state index in [1.807, 2.05) is 45.7 Å². The molecule has 2 aromatic heterocycles. The Balaban J connectivity index is 1.78. The van der Waals surface area contributed by atoms with Gasteiger partial charge in [0.05, 0.1) is 12.7 Å². The second-order valence-electron chi connectivity index (χ2n) is 7.53. The van der Waals surface area contributed by atoms with Gasteiger partial charge in [-0.3, -0.25) is 0 Å². The molecule has 0 saturated carbocycles. The maximum atomic E-state index is 10.9. The maximum Gasteiger partial charge on any atom is 0.266 e. The Morgan fingerprint density at radius 2 is 2.09 bits per heavy atom. The highest BCUT2D eigenvalue weighted by Gasteiger charge is 2.42. The maximum absolute atomic E-state index is 10.9. The lowest BCUT2D eigenvalue weighted by Crippen LogP contribution is -2.31. The Morgan fingerprint density at radius 1 is 1.35 bits per heavy atom. The third-order valence-corrected chi connectivity index (χ3v) is 4.10. The molecule has 3 rings (SSSR count). The minimum atomic E-state index is -1.03. The quantitative estimate of drug-likeness (QED) is 0.918. The zero-order chi connectivity index (χ0) is 16.8. The Morgan fingerprint density at radius 3 is 2.65 bits per heavy atom. The highest BCUT2D eigenvalue weighted by Crippen LogP contribution is 2.33. The third-order valence-electron chi connectivity index (χ3n) is 4.10. The van der Waals surface area contributed by atoms with Crippen LogP contribution in [0.5, 0.6) is 0 Å². The molecule has 1 atom stereocenters. The smallest absolute Gasteiger partial charge is 0.266 e. The molecule has 0 aliphatic carbocycles. The fourth-order valence-electron chi connectivity index (χ4n) is 2.56. The van der Waals surface area contributed by atoms with Crippen LogP contribution in [0.15, 0.2) is 10.7 Å². The summed E-state index contributed by atoms with van der Waals surface area (Å²) in [4.78, 5) is 6.38. The van der Waals surface area contributed by atoms with Crippen LogP contribution < -0.4 is 4.90 Å². The normalized spacial score (nSPS) is 22.3. The first kappa shape index (κ1) is 15.9. The molecule has 1 unspecified atom stereocenters. The van der Waals surface area contributed by atoms with E-state index in [2.05, 4.69) is 20.5 Å². The van der Waals surface area contributed by atoms with Gasteiger partial charge in [-0.2, -0.15) is 4.98 Å². The molecule has 0 amide bonds. The number of rotatable bonds is 3. The van der Waals surface area contributed by atoms with E-state index in [0.29, 0.717) is 37.0 Å². The van der Waals surface area contributed by atoms with Crippen LogP contribution >= 0.6 is 0 Å². The number of β-amino-alcohol motifs (C(OH)–C–C–N with tert-alkyl or cyclic N) is 1. The van der Waals surface area contributed by atoms with Gasteiger partial charge in [-0.1, -0.05) is 26.0 Å². The van der Waals surface area contributed by atoms with E-state index in [1.54, 1.807) is 4.68 Å². The molecule has 1 fully saturated rings. The van der Waals surface area contributed by atoms with Crippen LogP contribution in [0.25, 0.3) is 0 Å². The van der Waals surface area contributed by atoms with Gasteiger partial charge in [0, 0.05) is 24.4 Å². The summed E-state index contributed by atoms with van der Waals surface area (Å²) in [6.07, 6.45) is 2.37. The van der Waals surface area contributed by atoms with Gasteiger partial charge in [0.25, 0.3) is 5.95 Å².